The van der Waals surface area contributed by atoms with Crippen molar-refractivity contribution in [1.29, 1.82) is 0 Å². The van der Waals surface area contributed by atoms with Crippen molar-refractivity contribution in [3.05, 3.63) is 35.9 Å². The number of carbonyl (C=O) groups is 1. The van der Waals surface area contributed by atoms with Gasteiger partial charge in [-0.2, -0.15) is 0 Å². The Morgan fingerprint density at radius 3 is 2.37 bits per heavy atom. The number of fused-ring (bicyclic) bond motifs is 7. The minimum Gasteiger partial charge on any atom is -0.460 e. The molecule has 0 radical (unpaired) electrons. The van der Waals surface area contributed by atoms with E-state index in [0.717, 1.165) is 42.6 Å². The second kappa shape index (κ2) is 9.35. The smallest absolute Gasteiger partial charge is 0.312 e. The number of carbonyl (C=O) groups excluding carboxylic acids is 1. The van der Waals surface area contributed by atoms with Crippen molar-refractivity contribution in [3.8, 4) is 0 Å². The average molecular weight is 520 g/mol. The van der Waals surface area contributed by atoms with Crippen LogP contribution in [-0.2, 0) is 16.1 Å². The van der Waals surface area contributed by atoms with Gasteiger partial charge in [0.25, 0.3) is 0 Å². The molecule has 5 aliphatic carbocycles. The Labute approximate surface area is 232 Å². The van der Waals surface area contributed by atoms with Crippen molar-refractivity contribution < 1.29 is 9.53 Å². The zero-order valence-corrected chi connectivity index (χ0v) is 24.8. The maximum Gasteiger partial charge on any atom is 0.312 e. The van der Waals surface area contributed by atoms with Crippen molar-refractivity contribution in [2.75, 3.05) is 0 Å². The molecule has 10 atom stereocenters. The third-order valence-electron chi connectivity index (χ3n) is 13.8. The summed E-state index contributed by atoms with van der Waals surface area (Å²) < 4.78 is 6.16. The summed E-state index contributed by atoms with van der Waals surface area (Å²) >= 11 is 0. The molecule has 0 bridgehead atoms. The van der Waals surface area contributed by atoms with Gasteiger partial charge in [0.1, 0.15) is 6.61 Å². The van der Waals surface area contributed by atoms with Gasteiger partial charge in [0.05, 0.1) is 5.41 Å². The molecule has 38 heavy (non-hydrogen) atoms. The first-order chi connectivity index (χ1) is 18.1. The number of rotatable bonds is 4. The Morgan fingerprint density at radius 2 is 1.63 bits per heavy atom. The van der Waals surface area contributed by atoms with Gasteiger partial charge in [0, 0.05) is 5.54 Å². The van der Waals surface area contributed by atoms with E-state index < -0.39 is 5.41 Å². The van der Waals surface area contributed by atoms with E-state index in [2.05, 4.69) is 46.8 Å². The molecule has 1 aromatic rings. The molecule has 5 saturated carbocycles. The zero-order chi connectivity index (χ0) is 26.9. The van der Waals surface area contributed by atoms with Crippen molar-refractivity contribution >= 4 is 5.97 Å². The summed E-state index contributed by atoms with van der Waals surface area (Å²) in [6.07, 6.45) is 13.6. The van der Waals surface area contributed by atoms with Crippen LogP contribution in [0.2, 0.25) is 0 Å². The second-order valence-corrected chi connectivity index (χ2v) is 15.4. The van der Waals surface area contributed by atoms with Gasteiger partial charge in [0.2, 0.25) is 0 Å². The van der Waals surface area contributed by atoms with Gasteiger partial charge < -0.3 is 10.5 Å². The van der Waals surface area contributed by atoms with Crippen LogP contribution in [-0.4, -0.2) is 11.5 Å². The molecular weight excluding hydrogens is 466 g/mol. The largest absolute Gasteiger partial charge is 0.460 e. The first kappa shape index (κ1) is 26.9. The van der Waals surface area contributed by atoms with Gasteiger partial charge in [-0.05, 0) is 116 Å². The summed E-state index contributed by atoms with van der Waals surface area (Å²) in [6.45, 7) is 12.9. The molecule has 6 rings (SSSR count). The number of benzene rings is 1. The van der Waals surface area contributed by atoms with Gasteiger partial charge in [-0.15, -0.1) is 0 Å². The average Bonchev–Trinajstić information content (AvgIpc) is 3.23. The first-order valence-electron chi connectivity index (χ1n) is 16.1. The molecule has 0 amide bonds. The molecule has 5 aliphatic rings. The van der Waals surface area contributed by atoms with E-state index in [9.17, 15) is 4.79 Å². The molecule has 1 aromatic carbocycles. The highest BCUT2D eigenvalue weighted by Gasteiger charge is 2.70. The summed E-state index contributed by atoms with van der Waals surface area (Å²) in [7, 11) is 0. The normalized spacial score (nSPS) is 48.0. The van der Waals surface area contributed by atoms with Gasteiger partial charge >= 0.3 is 5.97 Å². The minimum absolute atomic E-state index is 0.0434. The highest BCUT2D eigenvalue weighted by molar-refractivity contribution is 5.78. The maximum atomic E-state index is 14.1. The van der Waals surface area contributed by atoms with E-state index in [1.807, 2.05) is 18.2 Å². The molecule has 0 spiro atoms. The molecule has 210 valence electrons. The predicted molar refractivity (Wildman–Crippen MR) is 154 cm³/mol. The lowest BCUT2D eigenvalue weighted by molar-refractivity contribution is -0.199. The standard InChI is InChI=1S/C35H53NO2/c1-23(2)35(36)21-20-34(31(37)38-22-25-11-7-6-8-12-25)19-16-28-26(30(34)35)13-14-29-32(4)17-9-10-24(3)27(32)15-18-33(28,29)5/h6-8,11-12,23-24,26-30H,9-10,13-22,36H2,1-5H3. The molecule has 3 heteroatoms. The van der Waals surface area contributed by atoms with E-state index in [1.165, 1.54) is 51.4 Å². The molecule has 5 fully saturated rings. The molecule has 0 heterocycles. The fourth-order valence-corrected chi connectivity index (χ4v) is 12.0. The van der Waals surface area contributed by atoms with Crippen LogP contribution in [0.25, 0.3) is 0 Å². The fourth-order valence-electron chi connectivity index (χ4n) is 12.0. The maximum absolute atomic E-state index is 14.1. The second-order valence-electron chi connectivity index (χ2n) is 15.4. The minimum atomic E-state index is -0.404. The Balaban J connectivity index is 1.32. The highest BCUT2D eigenvalue weighted by Crippen LogP contribution is 2.73. The van der Waals surface area contributed by atoms with Crippen molar-refractivity contribution in [3.63, 3.8) is 0 Å². The van der Waals surface area contributed by atoms with Crippen LogP contribution >= 0.6 is 0 Å². The van der Waals surface area contributed by atoms with Crippen LogP contribution in [0, 0.1) is 57.7 Å². The lowest BCUT2D eigenvalue weighted by Crippen LogP contribution is -2.65. The summed E-state index contributed by atoms with van der Waals surface area (Å²) in [5, 5.41) is 0. The molecule has 3 nitrogen and oxygen atoms in total. The van der Waals surface area contributed by atoms with E-state index in [0.29, 0.717) is 35.2 Å². The summed E-state index contributed by atoms with van der Waals surface area (Å²) in [4.78, 5) is 14.1. The van der Waals surface area contributed by atoms with E-state index >= 15 is 0 Å². The van der Waals surface area contributed by atoms with Gasteiger partial charge in [-0.25, -0.2) is 0 Å². The quantitative estimate of drug-likeness (QED) is 0.408. The Hall–Kier alpha value is -1.35. The number of esters is 1. The topological polar surface area (TPSA) is 52.3 Å². The Morgan fingerprint density at radius 1 is 0.921 bits per heavy atom. The number of hydrogen-bond acceptors (Lipinski definition) is 3. The van der Waals surface area contributed by atoms with Crippen LogP contribution in [0.1, 0.15) is 111 Å². The number of ether oxygens (including phenoxy) is 1. The first-order valence-corrected chi connectivity index (χ1v) is 16.1. The molecular formula is C35H53NO2. The molecule has 0 aliphatic heterocycles. The molecule has 0 aromatic heterocycles. The van der Waals surface area contributed by atoms with Gasteiger partial charge in [-0.3, -0.25) is 4.79 Å². The van der Waals surface area contributed by atoms with Crippen LogP contribution in [0.5, 0.6) is 0 Å². The Bertz CT molecular complexity index is 1040. The fraction of sp³-hybridized carbons (Fsp3) is 0.800. The number of hydrogen-bond donors (Lipinski definition) is 1. The van der Waals surface area contributed by atoms with E-state index in [4.69, 9.17) is 10.5 Å². The van der Waals surface area contributed by atoms with Crippen LogP contribution < -0.4 is 5.73 Å². The zero-order valence-electron chi connectivity index (χ0n) is 24.8. The predicted octanol–water partition coefficient (Wildman–Crippen LogP) is 8.16. The summed E-state index contributed by atoms with van der Waals surface area (Å²) in [5.74, 6) is 4.49. The van der Waals surface area contributed by atoms with Crippen LogP contribution in [0.15, 0.2) is 30.3 Å². The number of nitrogens with two attached hydrogens (primary N) is 1. The molecule has 0 saturated heterocycles. The van der Waals surface area contributed by atoms with Gasteiger partial charge in [-0.1, -0.05) is 77.8 Å². The molecule has 2 N–H and O–H groups in total. The van der Waals surface area contributed by atoms with E-state index in [-0.39, 0.29) is 17.4 Å². The SMILES string of the molecule is CC1CCCC2(C)C1CCC1(C)C3CCC4(C(=O)OCc5ccccc5)CCC(N)(C(C)C)C4C3CCC21. The lowest BCUT2D eigenvalue weighted by Gasteiger charge is -2.68. The van der Waals surface area contributed by atoms with Gasteiger partial charge in [0.15, 0.2) is 0 Å². The third-order valence-corrected chi connectivity index (χ3v) is 13.8. The van der Waals surface area contributed by atoms with Crippen molar-refractivity contribution in [1.82, 2.24) is 0 Å². The third kappa shape index (κ3) is 3.72. The van der Waals surface area contributed by atoms with Crippen LogP contribution in [0.3, 0.4) is 0 Å². The van der Waals surface area contributed by atoms with Crippen molar-refractivity contribution in [2.24, 2.45) is 63.4 Å². The Kier molecular flexibility index (Phi) is 6.61. The summed E-state index contributed by atoms with van der Waals surface area (Å²) in [6, 6.07) is 10.2. The van der Waals surface area contributed by atoms with Crippen LogP contribution in [0.4, 0.5) is 0 Å². The molecule has 10 unspecified atom stereocenters. The van der Waals surface area contributed by atoms with E-state index in [1.54, 1.807) is 0 Å². The highest BCUT2D eigenvalue weighted by atomic mass is 16.5. The monoisotopic (exact) mass is 519 g/mol. The van der Waals surface area contributed by atoms with Crippen molar-refractivity contribution in [2.45, 2.75) is 117 Å². The lowest BCUT2D eigenvalue weighted by atomic mass is 9.37. The summed E-state index contributed by atoms with van der Waals surface area (Å²) in [5.41, 5.74) is 8.71.